The second-order valence-electron chi connectivity index (χ2n) is 5.33. The Morgan fingerprint density at radius 2 is 2.04 bits per heavy atom. The molecular weight excluding hydrogens is 290 g/mol. The fraction of sp³-hybridized carbons (Fsp3) is 0.222. The maximum Gasteiger partial charge on any atom is 0.255 e. The molecule has 0 unspecified atom stereocenters. The van der Waals surface area contributed by atoms with E-state index in [0.29, 0.717) is 24.3 Å². The molecule has 5 nitrogen and oxygen atoms in total. The van der Waals surface area contributed by atoms with Gasteiger partial charge >= 0.3 is 0 Å². The summed E-state index contributed by atoms with van der Waals surface area (Å²) < 4.78 is 7.26. The Morgan fingerprint density at radius 1 is 1.22 bits per heavy atom. The number of nitrogens with one attached hydrogen (secondary N) is 1. The summed E-state index contributed by atoms with van der Waals surface area (Å²) in [6.07, 6.45) is 2.70. The van der Waals surface area contributed by atoms with E-state index >= 15 is 0 Å². The monoisotopic (exact) mass is 309 g/mol. The molecule has 0 atom stereocenters. The van der Waals surface area contributed by atoms with E-state index in [9.17, 15) is 4.79 Å². The second-order valence-corrected chi connectivity index (χ2v) is 5.33. The Kier molecular flexibility index (Phi) is 4.28. The van der Waals surface area contributed by atoms with Gasteiger partial charge in [-0.15, -0.1) is 0 Å². The van der Waals surface area contributed by atoms with Crippen LogP contribution in [0.15, 0.2) is 48.7 Å². The van der Waals surface area contributed by atoms with Gasteiger partial charge in [0, 0.05) is 24.9 Å². The quantitative estimate of drug-likeness (QED) is 0.788. The van der Waals surface area contributed by atoms with Crippen molar-refractivity contribution in [2.24, 2.45) is 0 Å². The van der Waals surface area contributed by atoms with Crippen molar-refractivity contribution in [1.29, 1.82) is 0 Å². The number of nitrogens with zero attached hydrogens (tertiary/aromatic N) is 2. The van der Waals surface area contributed by atoms with E-state index in [4.69, 9.17) is 4.74 Å². The number of para-hydroxylation sites is 1. The number of hydrogen-bond donors (Lipinski definition) is 1. The maximum absolute atomic E-state index is 12.2. The first-order valence-electron chi connectivity index (χ1n) is 7.54. The van der Waals surface area contributed by atoms with Crippen molar-refractivity contribution in [3.63, 3.8) is 0 Å². The number of aryl methyl sites for hydroxylation is 1. The molecule has 1 N–H and O–H groups in total. The van der Waals surface area contributed by atoms with Crippen molar-refractivity contribution in [2.75, 3.05) is 13.7 Å². The molecule has 5 heteroatoms. The van der Waals surface area contributed by atoms with E-state index in [1.807, 2.05) is 43.5 Å². The number of carbonyl (C=O) groups excluding carboxylic acids is 1. The van der Waals surface area contributed by atoms with Crippen LogP contribution in [0.1, 0.15) is 21.7 Å². The summed E-state index contributed by atoms with van der Waals surface area (Å²) >= 11 is 0. The lowest BCUT2D eigenvalue weighted by Crippen LogP contribution is -2.26. The van der Waals surface area contributed by atoms with Gasteiger partial charge in [-0.2, -0.15) is 0 Å². The number of pyridine rings is 1. The van der Waals surface area contributed by atoms with Gasteiger partial charge < -0.3 is 14.5 Å². The van der Waals surface area contributed by atoms with Crippen molar-refractivity contribution in [3.8, 4) is 5.75 Å². The first-order valence-corrected chi connectivity index (χ1v) is 7.54. The molecule has 0 saturated heterocycles. The van der Waals surface area contributed by atoms with E-state index in [1.54, 1.807) is 19.2 Å². The first kappa shape index (κ1) is 15.1. The topological polar surface area (TPSA) is 55.6 Å². The second kappa shape index (κ2) is 6.52. The lowest BCUT2D eigenvalue weighted by Gasteiger charge is -2.08. The van der Waals surface area contributed by atoms with Gasteiger partial charge in [-0.25, -0.2) is 4.98 Å². The normalized spacial score (nSPS) is 10.7. The molecule has 0 spiro atoms. The Labute approximate surface area is 134 Å². The van der Waals surface area contributed by atoms with E-state index in [-0.39, 0.29) is 5.91 Å². The summed E-state index contributed by atoms with van der Waals surface area (Å²) in [7, 11) is 1.56. The SMILES string of the molecule is COc1ccccc1C(=O)NCCc1cn2c(C)cccc2n1. The van der Waals surface area contributed by atoms with Crippen LogP contribution in [0.2, 0.25) is 0 Å². The molecule has 1 amide bonds. The number of amides is 1. The molecule has 23 heavy (non-hydrogen) atoms. The molecule has 1 aromatic carbocycles. The number of fused-ring (bicyclic) bond motifs is 1. The van der Waals surface area contributed by atoms with Crippen LogP contribution >= 0.6 is 0 Å². The maximum atomic E-state index is 12.2. The minimum Gasteiger partial charge on any atom is -0.496 e. The van der Waals surface area contributed by atoms with Crippen molar-refractivity contribution in [3.05, 3.63) is 65.6 Å². The van der Waals surface area contributed by atoms with Crippen molar-refractivity contribution in [1.82, 2.24) is 14.7 Å². The summed E-state index contributed by atoms with van der Waals surface area (Å²) in [5, 5.41) is 2.91. The lowest BCUT2D eigenvalue weighted by atomic mass is 10.2. The largest absolute Gasteiger partial charge is 0.496 e. The number of methoxy groups -OCH3 is 1. The highest BCUT2D eigenvalue weighted by atomic mass is 16.5. The minimum absolute atomic E-state index is 0.137. The third-order valence-corrected chi connectivity index (χ3v) is 3.76. The van der Waals surface area contributed by atoms with E-state index in [2.05, 4.69) is 14.7 Å². The van der Waals surface area contributed by atoms with Crippen LogP contribution in [0.3, 0.4) is 0 Å². The van der Waals surface area contributed by atoms with Crippen LogP contribution in [0.4, 0.5) is 0 Å². The molecule has 0 aliphatic heterocycles. The molecule has 0 fully saturated rings. The molecule has 0 aliphatic carbocycles. The zero-order chi connectivity index (χ0) is 16.2. The molecule has 118 valence electrons. The number of carbonyl (C=O) groups is 1. The molecule has 0 aliphatic rings. The standard InChI is InChI=1S/C18H19N3O2/c1-13-6-5-9-17-20-14(12-21(13)17)10-11-19-18(22)15-7-3-4-8-16(15)23-2/h3-9,12H,10-11H2,1-2H3,(H,19,22). The summed E-state index contributed by atoms with van der Waals surface area (Å²) in [5.74, 6) is 0.441. The minimum atomic E-state index is -0.137. The fourth-order valence-electron chi connectivity index (χ4n) is 2.55. The molecule has 0 bridgehead atoms. The average molecular weight is 309 g/mol. The van der Waals surface area contributed by atoms with E-state index in [1.165, 1.54) is 0 Å². The van der Waals surface area contributed by atoms with E-state index in [0.717, 1.165) is 17.0 Å². The molecule has 2 aromatic heterocycles. The summed E-state index contributed by atoms with van der Waals surface area (Å²) in [5.41, 5.74) is 3.57. The number of hydrogen-bond acceptors (Lipinski definition) is 3. The zero-order valence-corrected chi connectivity index (χ0v) is 13.2. The Morgan fingerprint density at radius 3 is 2.83 bits per heavy atom. The van der Waals surface area contributed by atoms with Gasteiger partial charge in [0.1, 0.15) is 11.4 Å². The highest BCUT2D eigenvalue weighted by Crippen LogP contribution is 2.16. The van der Waals surface area contributed by atoms with Gasteiger partial charge in [0.25, 0.3) is 5.91 Å². The lowest BCUT2D eigenvalue weighted by molar-refractivity contribution is 0.0951. The van der Waals surface area contributed by atoms with Crippen LogP contribution in [-0.4, -0.2) is 28.9 Å². The molecule has 0 radical (unpaired) electrons. The van der Waals surface area contributed by atoms with Gasteiger partial charge in [0.15, 0.2) is 0 Å². The first-order chi connectivity index (χ1) is 11.2. The fourth-order valence-corrected chi connectivity index (χ4v) is 2.55. The molecule has 3 aromatic rings. The van der Waals surface area contributed by atoms with Crippen LogP contribution in [0, 0.1) is 6.92 Å². The molecule has 3 rings (SSSR count). The number of ether oxygens (including phenoxy) is 1. The smallest absolute Gasteiger partial charge is 0.255 e. The predicted molar refractivity (Wildman–Crippen MR) is 89.0 cm³/mol. The van der Waals surface area contributed by atoms with Crippen LogP contribution < -0.4 is 10.1 Å². The Bertz CT molecular complexity index is 839. The third-order valence-electron chi connectivity index (χ3n) is 3.76. The molecular formula is C18H19N3O2. The van der Waals surface area contributed by atoms with Gasteiger partial charge in [-0.1, -0.05) is 18.2 Å². The van der Waals surface area contributed by atoms with Crippen molar-refractivity contribution >= 4 is 11.6 Å². The van der Waals surface area contributed by atoms with Crippen LogP contribution in [0.5, 0.6) is 5.75 Å². The van der Waals surface area contributed by atoms with Crippen LogP contribution in [0.25, 0.3) is 5.65 Å². The predicted octanol–water partition coefficient (Wildman–Crippen LogP) is 2.62. The highest BCUT2D eigenvalue weighted by Gasteiger charge is 2.11. The van der Waals surface area contributed by atoms with Crippen LogP contribution in [-0.2, 0) is 6.42 Å². The number of imidazole rings is 1. The van der Waals surface area contributed by atoms with Gasteiger partial charge in [0.05, 0.1) is 18.4 Å². The van der Waals surface area contributed by atoms with E-state index < -0.39 is 0 Å². The molecule has 0 saturated carbocycles. The third kappa shape index (κ3) is 3.18. The summed E-state index contributed by atoms with van der Waals surface area (Å²) in [6.45, 7) is 2.57. The highest BCUT2D eigenvalue weighted by molar-refractivity contribution is 5.96. The Balaban J connectivity index is 1.64. The Hall–Kier alpha value is -2.82. The summed E-state index contributed by atoms with van der Waals surface area (Å²) in [4.78, 5) is 16.8. The number of rotatable bonds is 5. The number of benzene rings is 1. The van der Waals surface area contributed by atoms with Gasteiger partial charge in [0.2, 0.25) is 0 Å². The van der Waals surface area contributed by atoms with Gasteiger partial charge in [-0.3, -0.25) is 4.79 Å². The molecule has 2 heterocycles. The van der Waals surface area contributed by atoms with Gasteiger partial charge in [-0.05, 0) is 31.2 Å². The van der Waals surface area contributed by atoms with Crippen molar-refractivity contribution < 1.29 is 9.53 Å². The summed E-state index contributed by atoms with van der Waals surface area (Å²) in [6, 6.07) is 13.2. The van der Waals surface area contributed by atoms with Crippen molar-refractivity contribution in [2.45, 2.75) is 13.3 Å². The zero-order valence-electron chi connectivity index (χ0n) is 13.2. The average Bonchev–Trinajstić information content (AvgIpc) is 2.99. The number of aromatic nitrogens is 2.